The van der Waals surface area contributed by atoms with Crippen LogP contribution in [0.25, 0.3) is 0 Å². The number of benzene rings is 4. The summed E-state index contributed by atoms with van der Waals surface area (Å²) in [5.41, 5.74) is 5.86. The van der Waals surface area contributed by atoms with Crippen LogP contribution in [-0.4, -0.2) is 20.9 Å². The molecule has 0 aromatic heterocycles. The minimum absolute atomic E-state index is 0.0812. The molecule has 4 aromatic rings. The summed E-state index contributed by atoms with van der Waals surface area (Å²) in [6.45, 7) is 3.52. The summed E-state index contributed by atoms with van der Waals surface area (Å²) in [4.78, 5) is 15.2. The normalized spacial score (nSPS) is 12.8. The first-order valence-electron chi connectivity index (χ1n) is 11.9. The van der Waals surface area contributed by atoms with Crippen LogP contribution in [0.1, 0.15) is 27.0 Å². The Hall–Kier alpha value is -3.81. The van der Waals surface area contributed by atoms with Gasteiger partial charge in [-0.1, -0.05) is 48.0 Å². The number of amides is 1. The van der Waals surface area contributed by atoms with Crippen LogP contribution in [-0.2, 0) is 23.0 Å². The smallest absolute Gasteiger partial charge is 0.261 e. The van der Waals surface area contributed by atoms with E-state index >= 15 is 0 Å². The lowest BCUT2D eigenvalue weighted by molar-refractivity contribution is 0.102. The topological polar surface area (TPSA) is 78.5 Å². The van der Waals surface area contributed by atoms with E-state index in [1.54, 1.807) is 37.3 Å². The molecule has 0 spiro atoms. The van der Waals surface area contributed by atoms with Gasteiger partial charge in [-0.25, -0.2) is 8.42 Å². The van der Waals surface area contributed by atoms with Crippen molar-refractivity contribution in [1.29, 1.82) is 0 Å². The van der Waals surface area contributed by atoms with Crippen LogP contribution in [0.5, 0.6) is 0 Å². The summed E-state index contributed by atoms with van der Waals surface area (Å²) < 4.78 is 28.2. The van der Waals surface area contributed by atoms with E-state index in [4.69, 9.17) is 11.6 Å². The molecule has 0 bridgehead atoms. The maximum atomic E-state index is 12.8. The second kappa shape index (κ2) is 10.3. The van der Waals surface area contributed by atoms with Gasteiger partial charge in [0.15, 0.2) is 0 Å². The number of carbonyl (C=O) groups is 1. The van der Waals surface area contributed by atoms with Crippen molar-refractivity contribution in [3.63, 3.8) is 0 Å². The average molecular weight is 532 g/mol. The van der Waals surface area contributed by atoms with Crippen LogP contribution >= 0.6 is 11.6 Å². The Morgan fingerprint density at radius 3 is 2.41 bits per heavy atom. The maximum Gasteiger partial charge on any atom is 0.261 e. The minimum atomic E-state index is -3.81. The Labute approximate surface area is 222 Å². The van der Waals surface area contributed by atoms with E-state index in [1.807, 2.05) is 24.3 Å². The monoisotopic (exact) mass is 531 g/mol. The summed E-state index contributed by atoms with van der Waals surface area (Å²) in [6.07, 6.45) is 1.05. The van der Waals surface area contributed by atoms with Gasteiger partial charge in [-0.05, 0) is 84.6 Å². The Morgan fingerprint density at radius 1 is 0.919 bits per heavy atom. The van der Waals surface area contributed by atoms with Crippen LogP contribution in [0.4, 0.5) is 17.1 Å². The first-order valence-corrected chi connectivity index (χ1v) is 13.8. The van der Waals surface area contributed by atoms with Crippen LogP contribution in [0.2, 0.25) is 5.02 Å². The van der Waals surface area contributed by atoms with Crippen molar-refractivity contribution >= 4 is 44.6 Å². The lowest BCUT2D eigenvalue weighted by Gasteiger charge is -2.19. The summed E-state index contributed by atoms with van der Waals surface area (Å²) in [5.74, 6) is -0.263. The zero-order valence-corrected chi connectivity index (χ0v) is 21.8. The molecule has 188 valence electrons. The fraction of sp³-hybridized carbons (Fsp3) is 0.138. The van der Waals surface area contributed by atoms with Gasteiger partial charge in [0, 0.05) is 35.1 Å². The molecule has 1 aliphatic heterocycles. The van der Waals surface area contributed by atoms with Crippen molar-refractivity contribution in [3.05, 3.63) is 118 Å². The van der Waals surface area contributed by atoms with Crippen LogP contribution < -0.4 is 14.9 Å². The molecular weight excluding hydrogens is 506 g/mol. The van der Waals surface area contributed by atoms with Gasteiger partial charge in [-0.15, -0.1) is 0 Å². The van der Waals surface area contributed by atoms with Crippen LogP contribution in [0.15, 0.2) is 95.9 Å². The molecule has 5 rings (SSSR count). The molecule has 0 aliphatic carbocycles. The van der Waals surface area contributed by atoms with Crippen LogP contribution in [0, 0.1) is 6.92 Å². The number of para-hydroxylation sites is 1. The number of carbonyl (C=O) groups excluding carboxylic acids is 1. The van der Waals surface area contributed by atoms with E-state index in [2.05, 4.69) is 39.2 Å². The third-order valence-corrected chi connectivity index (χ3v) is 8.30. The Balaban J connectivity index is 1.21. The zero-order valence-electron chi connectivity index (χ0n) is 20.2. The van der Waals surface area contributed by atoms with E-state index < -0.39 is 10.0 Å². The fourth-order valence-electron chi connectivity index (χ4n) is 4.40. The standard InChI is InChI=1S/C29H26ClN3O3S/c1-20-26(30)6-4-7-27(20)32-37(35,36)25-15-13-24(14-16-25)31-29(34)23-11-9-21(10-12-23)19-33-18-17-22-5-2-3-8-28(22)33/h2-16,32H,17-19H2,1H3,(H,31,34). The molecule has 0 fully saturated rings. The molecule has 0 radical (unpaired) electrons. The van der Waals surface area contributed by atoms with Gasteiger partial charge in [0.05, 0.1) is 10.6 Å². The van der Waals surface area contributed by atoms with Gasteiger partial charge in [0.2, 0.25) is 0 Å². The van der Waals surface area contributed by atoms with Crippen molar-refractivity contribution in [1.82, 2.24) is 0 Å². The zero-order chi connectivity index (χ0) is 26.0. The number of nitrogens with zero attached hydrogens (tertiary/aromatic N) is 1. The number of fused-ring (bicyclic) bond motifs is 1. The summed E-state index contributed by atoms with van der Waals surface area (Å²) in [5, 5.41) is 3.31. The molecule has 0 atom stereocenters. The summed E-state index contributed by atoms with van der Waals surface area (Å²) >= 11 is 6.10. The van der Waals surface area contributed by atoms with Gasteiger partial charge in [0.1, 0.15) is 0 Å². The summed E-state index contributed by atoms with van der Waals surface area (Å²) in [6, 6.07) is 27.1. The lowest BCUT2D eigenvalue weighted by Crippen LogP contribution is -2.19. The SMILES string of the molecule is Cc1c(Cl)cccc1NS(=O)(=O)c1ccc(NC(=O)c2ccc(CN3CCc4ccccc43)cc2)cc1. The van der Waals surface area contributed by atoms with Crippen LogP contribution in [0.3, 0.4) is 0 Å². The number of hydrogen-bond acceptors (Lipinski definition) is 4. The maximum absolute atomic E-state index is 12.8. The Kier molecular flexibility index (Phi) is 6.91. The third-order valence-electron chi connectivity index (χ3n) is 6.51. The highest BCUT2D eigenvalue weighted by Crippen LogP contribution is 2.29. The molecule has 6 nitrogen and oxygen atoms in total. The number of halogens is 1. The third kappa shape index (κ3) is 5.48. The van der Waals surface area contributed by atoms with Crippen molar-refractivity contribution in [2.75, 3.05) is 21.5 Å². The Bertz CT molecular complexity index is 1550. The van der Waals surface area contributed by atoms with Gasteiger partial charge in [0.25, 0.3) is 15.9 Å². The molecule has 1 aliphatic rings. The molecule has 1 heterocycles. The summed E-state index contributed by atoms with van der Waals surface area (Å²) in [7, 11) is -3.81. The van der Waals surface area contributed by atoms with Crippen molar-refractivity contribution < 1.29 is 13.2 Å². The molecule has 0 saturated carbocycles. The lowest BCUT2D eigenvalue weighted by atomic mass is 10.1. The number of rotatable bonds is 7. The van der Waals surface area contributed by atoms with Gasteiger partial charge < -0.3 is 10.2 Å². The Morgan fingerprint density at radius 2 is 1.65 bits per heavy atom. The fourth-order valence-corrected chi connectivity index (χ4v) is 5.69. The molecule has 0 saturated heterocycles. The molecule has 2 N–H and O–H groups in total. The van der Waals surface area contributed by atoms with Gasteiger partial charge in [-0.2, -0.15) is 0 Å². The number of hydrogen-bond donors (Lipinski definition) is 2. The first-order chi connectivity index (χ1) is 17.8. The predicted molar refractivity (Wildman–Crippen MR) is 149 cm³/mol. The van der Waals surface area contributed by atoms with Gasteiger partial charge >= 0.3 is 0 Å². The van der Waals surface area contributed by atoms with E-state index in [9.17, 15) is 13.2 Å². The van der Waals surface area contributed by atoms with Crippen molar-refractivity contribution in [2.45, 2.75) is 24.8 Å². The average Bonchev–Trinajstić information content (AvgIpc) is 3.30. The van der Waals surface area contributed by atoms with E-state index in [0.717, 1.165) is 25.1 Å². The molecule has 4 aromatic carbocycles. The highest BCUT2D eigenvalue weighted by molar-refractivity contribution is 7.92. The quantitative estimate of drug-likeness (QED) is 0.295. The number of sulfonamides is 1. The van der Waals surface area contributed by atoms with E-state index in [-0.39, 0.29) is 10.8 Å². The molecular formula is C29H26ClN3O3S. The highest BCUT2D eigenvalue weighted by Gasteiger charge is 2.19. The van der Waals surface area contributed by atoms with E-state index in [1.165, 1.54) is 23.4 Å². The number of anilines is 3. The number of nitrogens with one attached hydrogen (secondary N) is 2. The molecule has 8 heteroatoms. The second-order valence-electron chi connectivity index (χ2n) is 8.99. The second-order valence-corrected chi connectivity index (χ2v) is 11.1. The molecule has 0 unspecified atom stereocenters. The van der Waals surface area contributed by atoms with E-state index in [0.29, 0.717) is 27.5 Å². The minimum Gasteiger partial charge on any atom is -0.367 e. The highest BCUT2D eigenvalue weighted by atomic mass is 35.5. The van der Waals surface area contributed by atoms with Gasteiger partial charge in [-0.3, -0.25) is 9.52 Å². The van der Waals surface area contributed by atoms with Crippen molar-refractivity contribution in [2.24, 2.45) is 0 Å². The predicted octanol–water partition coefficient (Wildman–Crippen LogP) is 6.26. The largest absolute Gasteiger partial charge is 0.367 e. The molecule has 37 heavy (non-hydrogen) atoms. The first kappa shape index (κ1) is 24.9. The molecule has 1 amide bonds. The van der Waals surface area contributed by atoms with Crippen molar-refractivity contribution in [3.8, 4) is 0 Å².